The van der Waals surface area contributed by atoms with Crippen molar-refractivity contribution < 1.29 is 4.79 Å². The Bertz CT molecular complexity index is 1340. The van der Waals surface area contributed by atoms with Gasteiger partial charge in [-0.25, -0.2) is 0 Å². The third-order valence-electron chi connectivity index (χ3n) is 5.35. The van der Waals surface area contributed by atoms with E-state index in [1.54, 1.807) is 12.4 Å². The molecule has 5 rings (SSSR count). The van der Waals surface area contributed by atoms with Crippen LogP contribution in [-0.4, -0.2) is 15.9 Å². The number of benzene rings is 3. The zero-order valence-corrected chi connectivity index (χ0v) is 15.5. The van der Waals surface area contributed by atoms with Crippen LogP contribution in [0.25, 0.3) is 32.6 Å². The topological polar surface area (TPSA) is 57.8 Å². The maximum atomic E-state index is 13.3. The first-order valence-corrected chi connectivity index (χ1v) is 9.33. The third kappa shape index (κ3) is 2.54. The Morgan fingerprint density at radius 2 is 1.75 bits per heavy atom. The van der Waals surface area contributed by atoms with Gasteiger partial charge in [-0.1, -0.05) is 48.5 Å². The molecule has 136 valence electrons. The van der Waals surface area contributed by atoms with E-state index in [0.29, 0.717) is 12.1 Å². The maximum Gasteiger partial charge on any atom is 0.252 e. The predicted octanol–water partition coefficient (Wildman–Crippen LogP) is 5.11. The summed E-state index contributed by atoms with van der Waals surface area (Å²) in [6.45, 7) is 2.57. The molecule has 0 aliphatic carbocycles. The fourth-order valence-electron chi connectivity index (χ4n) is 3.98. The van der Waals surface area contributed by atoms with Crippen LogP contribution in [0.3, 0.4) is 0 Å². The van der Waals surface area contributed by atoms with Gasteiger partial charge in [-0.2, -0.15) is 0 Å². The molecule has 0 unspecified atom stereocenters. The van der Waals surface area contributed by atoms with Crippen LogP contribution in [0.4, 0.5) is 0 Å². The monoisotopic (exact) mass is 365 g/mol. The van der Waals surface area contributed by atoms with Crippen molar-refractivity contribution in [1.29, 1.82) is 0 Å². The molecular formula is C24H19N3O. The van der Waals surface area contributed by atoms with Crippen LogP contribution in [0.2, 0.25) is 0 Å². The van der Waals surface area contributed by atoms with Gasteiger partial charge in [0.15, 0.2) is 0 Å². The van der Waals surface area contributed by atoms with Crippen molar-refractivity contribution >= 4 is 38.5 Å². The molecule has 0 saturated heterocycles. The number of hydrogen-bond acceptors (Lipinski definition) is 2. The third-order valence-corrected chi connectivity index (χ3v) is 5.35. The number of aromatic nitrogens is 2. The number of nitrogens with zero attached hydrogens (tertiary/aromatic N) is 1. The van der Waals surface area contributed by atoms with E-state index in [1.807, 2.05) is 54.6 Å². The standard InChI is InChI=1S/C24H19N3O/c1-15-17-11-12-25-14-19(17)22(24(28)26-13-16-7-3-2-4-8-16)21-18-9-5-6-10-20(18)27-23(15)21/h2-12,14,27H,13H2,1H3,(H,26,28). The van der Waals surface area contributed by atoms with Gasteiger partial charge in [-0.05, 0) is 35.6 Å². The number of carbonyl (C=O) groups excluding carboxylic acids is 1. The van der Waals surface area contributed by atoms with E-state index in [4.69, 9.17) is 0 Å². The lowest BCUT2D eigenvalue weighted by Crippen LogP contribution is -2.23. The van der Waals surface area contributed by atoms with Gasteiger partial charge < -0.3 is 10.3 Å². The van der Waals surface area contributed by atoms with Crippen molar-refractivity contribution in [1.82, 2.24) is 15.3 Å². The normalized spacial score (nSPS) is 11.3. The summed E-state index contributed by atoms with van der Waals surface area (Å²) in [4.78, 5) is 21.1. The van der Waals surface area contributed by atoms with Gasteiger partial charge in [-0.15, -0.1) is 0 Å². The number of fused-ring (bicyclic) bond motifs is 4. The van der Waals surface area contributed by atoms with Crippen molar-refractivity contribution in [2.24, 2.45) is 0 Å². The Kier molecular flexibility index (Phi) is 3.83. The average Bonchev–Trinajstić information content (AvgIpc) is 3.13. The highest BCUT2D eigenvalue weighted by Crippen LogP contribution is 2.36. The van der Waals surface area contributed by atoms with Gasteiger partial charge in [0.05, 0.1) is 11.1 Å². The fraction of sp³-hybridized carbons (Fsp3) is 0.0833. The molecule has 2 N–H and O–H groups in total. The fourth-order valence-corrected chi connectivity index (χ4v) is 3.98. The second-order valence-corrected chi connectivity index (χ2v) is 7.01. The average molecular weight is 365 g/mol. The zero-order chi connectivity index (χ0) is 19.1. The lowest BCUT2D eigenvalue weighted by atomic mass is 9.95. The number of H-pyrrole nitrogens is 1. The smallest absolute Gasteiger partial charge is 0.252 e. The Balaban J connectivity index is 1.75. The van der Waals surface area contributed by atoms with E-state index in [9.17, 15) is 4.79 Å². The number of amides is 1. The molecule has 28 heavy (non-hydrogen) atoms. The summed E-state index contributed by atoms with van der Waals surface area (Å²) in [6, 6.07) is 20.0. The molecule has 0 spiro atoms. The number of para-hydroxylation sites is 1. The molecule has 0 saturated carbocycles. The zero-order valence-electron chi connectivity index (χ0n) is 15.5. The van der Waals surface area contributed by atoms with Gasteiger partial charge in [0.2, 0.25) is 0 Å². The van der Waals surface area contributed by atoms with E-state index in [0.717, 1.165) is 43.7 Å². The van der Waals surface area contributed by atoms with E-state index in [2.05, 4.69) is 28.3 Å². The minimum absolute atomic E-state index is 0.0865. The van der Waals surface area contributed by atoms with Crippen LogP contribution < -0.4 is 5.32 Å². The van der Waals surface area contributed by atoms with Crippen LogP contribution in [0.5, 0.6) is 0 Å². The summed E-state index contributed by atoms with van der Waals surface area (Å²) in [5.41, 5.74) is 4.91. The van der Waals surface area contributed by atoms with Gasteiger partial charge in [-0.3, -0.25) is 9.78 Å². The number of nitrogens with one attached hydrogen (secondary N) is 2. The molecule has 2 aromatic heterocycles. The van der Waals surface area contributed by atoms with Crippen LogP contribution >= 0.6 is 0 Å². The number of aryl methyl sites for hydroxylation is 1. The molecule has 0 aliphatic heterocycles. The van der Waals surface area contributed by atoms with Crippen molar-refractivity contribution in [3.05, 3.63) is 89.7 Å². The minimum Gasteiger partial charge on any atom is -0.354 e. The van der Waals surface area contributed by atoms with Gasteiger partial charge >= 0.3 is 0 Å². The molecule has 2 heterocycles. The number of hydrogen-bond donors (Lipinski definition) is 2. The van der Waals surface area contributed by atoms with Gasteiger partial charge in [0, 0.05) is 40.6 Å². The molecule has 0 aliphatic rings. The lowest BCUT2D eigenvalue weighted by molar-refractivity contribution is 0.0954. The van der Waals surface area contributed by atoms with Crippen molar-refractivity contribution in [2.45, 2.75) is 13.5 Å². The van der Waals surface area contributed by atoms with Gasteiger partial charge in [0.25, 0.3) is 5.91 Å². The highest BCUT2D eigenvalue weighted by molar-refractivity contribution is 6.25. The molecule has 0 radical (unpaired) electrons. The molecule has 3 aromatic carbocycles. The highest BCUT2D eigenvalue weighted by Gasteiger charge is 2.20. The Labute approximate surface area is 162 Å². The van der Waals surface area contributed by atoms with Crippen LogP contribution in [0.15, 0.2) is 73.1 Å². The first kappa shape index (κ1) is 16.5. The number of pyridine rings is 1. The summed E-state index contributed by atoms with van der Waals surface area (Å²) in [7, 11) is 0. The molecule has 1 amide bonds. The first-order valence-electron chi connectivity index (χ1n) is 9.33. The van der Waals surface area contributed by atoms with E-state index in [1.165, 1.54) is 0 Å². The van der Waals surface area contributed by atoms with Crippen molar-refractivity contribution in [3.63, 3.8) is 0 Å². The molecular weight excluding hydrogens is 346 g/mol. The predicted molar refractivity (Wildman–Crippen MR) is 113 cm³/mol. The second-order valence-electron chi connectivity index (χ2n) is 7.01. The van der Waals surface area contributed by atoms with Crippen LogP contribution in [0.1, 0.15) is 21.5 Å². The summed E-state index contributed by atoms with van der Waals surface area (Å²) in [5, 5.41) is 7.02. The molecule has 0 bridgehead atoms. The minimum atomic E-state index is -0.0865. The Morgan fingerprint density at radius 3 is 2.61 bits per heavy atom. The quantitative estimate of drug-likeness (QED) is 0.467. The molecule has 0 fully saturated rings. The summed E-state index contributed by atoms with van der Waals surface area (Å²) >= 11 is 0. The summed E-state index contributed by atoms with van der Waals surface area (Å²) in [5.74, 6) is -0.0865. The Hall–Kier alpha value is -3.66. The Morgan fingerprint density at radius 1 is 0.964 bits per heavy atom. The molecule has 5 aromatic rings. The number of rotatable bonds is 3. The van der Waals surface area contributed by atoms with Crippen LogP contribution in [-0.2, 0) is 6.54 Å². The highest BCUT2D eigenvalue weighted by atomic mass is 16.1. The van der Waals surface area contributed by atoms with E-state index in [-0.39, 0.29) is 5.91 Å². The van der Waals surface area contributed by atoms with Crippen molar-refractivity contribution in [2.75, 3.05) is 0 Å². The SMILES string of the molecule is Cc1c2ccncc2c(C(=O)NCc2ccccc2)c2c1[nH]c1ccccc12. The van der Waals surface area contributed by atoms with Gasteiger partial charge in [0.1, 0.15) is 0 Å². The molecule has 4 nitrogen and oxygen atoms in total. The lowest BCUT2D eigenvalue weighted by Gasteiger charge is -2.12. The molecule has 0 atom stereocenters. The summed E-state index contributed by atoms with van der Waals surface area (Å²) < 4.78 is 0. The maximum absolute atomic E-state index is 13.3. The summed E-state index contributed by atoms with van der Waals surface area (Å²) in [6.07, 6.45) is 3.57. The molecule has 4 heteroatoms. The largest absolute Gasteiger partial charge is 0.354 e. The van der Waals surface area contributed by atoms with E-state index >= 15 is 0 Å². The van der Waals surface area contributed by atoms with Crippen molar-refractivity contribution in [3.8, 4) is 0 Å². The van der Waals surface area contributed by atoms with E-state index < -0.39 is 0 Å². The second kappa shape index (κ2) is 6.50. The number of aromatic amines is 1. The first-order chi connectivity index (χ1) is 13.7. The van der Waals surface area contributed by atoms with Crippen LogP contribution in [0, 0.1) is 6.92 Å². The number of carbonyl (C=O) groups is 1.